The molecule has 2 aromatic rings. The van der Waals surface area contributed by atoms with E-state index >= 15 is 0 Å². The van der Waals surface area contributed by atoms with Gasteiger partial charge in [-0.15, -0.1) is 0 Å². The maximum atomic E-state index is 14.0. The van der Waals surface area contributed by atoms with Crippen molar-refractivity contribution in [2.75, 3.05) is 0 Å². The lowest BCUT2D eigenvalue weighted by atomic mass is 9.90. The van der Waals surface area contributed by atoms with E-state index < -0.39 is 52.9 Å². The number of aromatic nitrogens is 2. The summed E-state index contributed by atoms with van der Waals surface area (Å²) < 4.78 is 60.3. The summed E-state index contributed by atoms with van der Waals surface area (Å²) in [6, 6.07) is 0. The lowest BCUT2D eigenvalue weighted by Crippen LogP contribution is -2.22. The number of nitrogens with zero attached hydrogens (tertiary/aromatic N) is 2. The van der Waals surface area contributed by atoms with Crippen molar-refractivity contribution in [2.45, 2.75) is 53.1 Å². The van der Waals surface area contributed by atoms with E-state index in [0.717, 1.165) is 6.92 Å². The molecule has 0 aliphatic rings. The highest BCUT2D eigenvalue weighted by molar-refractivity contribution is 5.78. The number of benzene rings is 1. The van der Waals surface area contributed by atoms with Gasteiger partial charge in [0.1, 0.15) is 12.4 Å². The normalized spacial score (nSPS) is 12.5. The van der Waals surface area contributed by atoms with Gasteiger partial charge in [0, 0.05) is 29.4 Å². The minimum absolute atomic E-state index is 0.107. The highest BCUT2D eigenvalue weighted by atomic mass is 19.2. The lowest BCUT2D eigenvalue weighted by molar-refractivity contribution is -0.148. The van der Waals surface area contributed by atoms with Crippen LogP contribution in [0, 0.1) is 36.1 Å². The molecule has 0 amide bonds. The van der Waals surface area contributed by atoms with Crippen molar-refractivity contribution in [1.82, 2.24) is 9.97 Å². The van der Waals surface area contributed by atoms with Crippen LogP contribution in [0.2, 0.25) is 0 Å². The van der Waals surface area contributed by atoms with E-state index in [4.69, 9.17) is 4.74 Å². The Bertz CT molecular complexity index is 838. The number of ether oxygens (including phenoxy) is 1. The van der Waals surface area contributed by atoms with E-state index in [2.05, 4.69) is 9.97 Å². The fourth-order valence-corrected chi connectivity index (χ4v) is 2.75. The number of carbonyl (C=O) groups is 1. The molecule has 0 aliphatic heterocycles. The molecule has 0 fully saturated rings. The molecule has 0 spiro atoms. The van der Waals surface area contributed by atoms with Gasteiger partial charge in [-0.1, -0.05) is 27.7 Å². The topological polar surface area (TPSA) is 52.1 Å². The molecule has 28 heavy (non-hydrogen) atoms. The second-order valence-electron chi connectivity index (χ2n) is 7.22. The molecular formula is C20H22F4N2O2. The lowest BCUT2D eigenvalue weighted by Gasteiger charge is -2.20. The van der Waals surface area contributed by atoms with E-state index in [-0.39, 0.29) is 11.8 Å². The van der Waals surface area contributed by atoms with Crippen LogP contribution in [0.25, 0.3) is 0 Å². The van der Waals surface area contributed by atoms with Gasteiger partial charge in [0.05, 0.1) is 11.5 Å². The van der Waals surface area contributed by atoms with Crippen LogP contribution < -0.4 is 0 Å². The van der Waals surface area contributed by atoms with Gasteiger partial charge >= 0.3 is 5.97 Å². The number of hydrogen-bond acceptors (Lipinski definition) is 4. The van der Waals surface area contributed by atoms with Crippen molar-refractivity contribution >= 4 is 5.97 Å². The van der Waals surface area contributed by atoms with Crippen molar-refractivity contribution in [3.63, 3.8) is 0 Å². The van der Waals surface area contributed by atoms with Crippen LogP contribution in [0.1, 0.15) is 62.0 Å². The monoisotopic (exact) mass is 398 g/mol. The molecule has 1 aromatic heterocycles. The molecule has 8 heteroatoms. The fourth-order valence-electron chi connectivity index (χ4n) is 2.75. The summed E-state index contributed by atoms with van der Waals surface area (Å²) >= 11 is 0. The average molecular weight is 398 g/mol. The molecule has 0 bridgehead atoms. The molecule has 2 rings (SSSR count). The molecule has 0 saturated carbocycles. The molecule has 0 N–H and O–H groups in total. The second kappa shape index (κ2) is 8.67. The molecule has 1 heterocycles. The quantitative estimate of drug-likeness (QED) is 0.393. The smallest absolute Gasteiger partial charge is 0.314 e. The Morgan fingerprint density at radius 1 is 0.964 bits per heavy atom. The summed E-state index contributed by atoms with van der Waals surface area (Å²) in [5.41, 5.74) is -1.26. The summed E-state index contributed by atoms with van der Waals surface area (Å²) in [6.07, 6.45) is 3.00. The molecule has 1 aromatic carbocycles. The van der Waals surface area contributed by atoms with Crippen LogP contribution in [0.5, 0.6) is 0 Å². The molecule has 1 unspecified atom stereocenters. The Balaban J connectivity index is 2.25. The van der Waals surface area contributed by atoms with Gasteiger partial charge < -0.3 is 4.74 Å². The number of halogens is 4. The van der Waals surface area contributed by atoms with Crippen molar-refractivity contribution in [1.29, 1.82) is 0 Å². The highest BCUT2D eigenvalue weighted by Gasteiger charge is 2.29. The third-order valence-electron chi connectivity index (χ3n) is 4.42. The zero-order valence-corrected chi connectivity index (χ0v) is 16.3. The molecule has 0 radical (unpaired) electrons. The predicted octanol–water partition coefficient (Wildman–Crippen LogP) is 4.95. The molecule has 4 nitrogen and oxygen atoms in total. The first-order chi connectivity index (χ1) is 13.1. The Kier molecular flexibility index (Phi) is 6.74. The number of rotatable bonds is 6. The zero-order chi connectivity index (χ0) is 21.2. The second-order valence-corrected chi connectivity index (χ2v) is 7.22. The van der Waals surface area contributed by atoms with Gasteiger partial charge in [0.25, 0.3) is 0 Å². The predicted molar refractivity (Wildman–Crippen MR) is 94.5 cm³/mol. The third kappa shape index (κ3) is 4.31. The van der Waals surface area contributed by atoms with Crippen LogP contribution in [0.4, 0.5) is 17.6 Å². The maximum Gasteiger partial charge on any atom is 0.314 e. The van der Waals surface area contributed by atoms with Crippen LogP contribution in [-0.2, 0) is 16.1 Å². The zero-order valence-electron chi connectivity index (χ0n) is 16.3. The van der Waals surface area contributed by atoms with E-state index in [1.54, 1.807) is 13.8 Å². The van der Waals surface area contributed by atoms with Crippen LogP contribution in [-0.4, -0.2) is 15.9 Å². The standard InChI is InChI=1S/C20H22F4N2O2/c1-9(2)14(12-6-25-19(10(3)4)26-7-12)20(27)28-8-13-17(23)15(21)11(5)16(22)18(13)24/h6-7,9-10,14H,8H2,1-5H3. The molecule has 0 aliphatic carbocycles. The number of hydrogen-bond donors (Lipinski definition) is 0. The summed E-state index contributed by atoms with van der Waals surface area (Å²) in [5.74, 6) is -7.29. The minimum atomic E-state index is -1.57. The SMILES string of the molecule is Cc1c(F)c(F)c(COC(=O)C(c2cnc(C(C)C)nc2)C(C)C)c(F)c1F. The Hall–Kier alpha value is -2.51. The van der Waals surface area contributed by atoms with E-state index in [1.165, 1.54) is 12.4 Å². The average Bonchev–Trinajstić information content (AvgIpc) is 2.65. The first-order valence-corrected chi connectivity index (χ1v) is 8.86. The molecule has 152 valence electrons. The Morgan fingerprint density at radius 2 is 1.46 bits per heavy atom. The van der Waals surface area contributed by atoms with Gasteiger partial charge in [-0.3, -0.25) is 4.79 Å². The van der Waals surface area contributed by atoms with Gasteiger partial charge in [0.2, 0.25) is 0 Å². The largest absolute Gasteiger partial charge is 0.460 e. The maximum absolute atomic E-state index is 14.0. The van der Waals surface area contributed by atoms with E-state index in [0.29, 0.717) is 11.4 Å². The van der Waals surface area contributed by atoms with Crippen molar-refractivity contribution in [3.8, 4) is 0 Å². The summed E-state index contributed by atoms with van der Waals surface area (Å²) in [4.78, 5) is 20.9. The van der Waals surface area contributed by atoms with Crippen LogP contribution >= 0.6 is 0 Å². The van der Waals surface area contributed by atoms with Gasteiger partial charge in [-0.05, 0) is 12.8 Å². The van der Waals surface area contributed by atoms with Crippen LogP contribution in [0.15, 0.2) is 12.4 Å². The number of carbonyl (C=O) groups excluding carboxylic acids is 1. The van der Waals surface area contributed by atoms with Crippen molar-refractivity contribution < 1.29 is 27.1 Å². The van der Waals surface area contributed by atoms with Gasteiger partial charge in [-0.2, -0.15) is 0 Å². The molecular weight excluding hydrogens is 376 g/mol. The van der Waals surface area contributed by atoms with E-state index in [9.17, 15) is 22.4 Å². The van der Waals surface area contributed by atoms with E-state index in [1.807, 2.05) is 13.8 Å². The van der Waals surface area contributed by atoms with Gasteiger partial charge in [0.15, 0.2) is 23.3 Å². The Labute approximate surface area is 161 Å². The first-order valence-electron chi connectivity index (χ1n) is 8.86. The summed E-state index contributed by atoms with van der Waals surface area (Å²) in [7, 11) is 0. The molecule has 0 saturated heterocycles. The number of esters is 1. The van der Waals surface area contributed by atoms with Gasteiger partial charge in [-0.25, -0.2) is 27.5 Å². The van der Waals surface area contributed by atoms with Crippen molar-refractivity contribution in [2.24, 2.45) is 5.92 Å². The minimum Gasteiger partial charge on any atom is -0.460 e. The molecule has 1 atom stereocenters. The first kappa shape index (κ1) is 21.8. The van der Waals surface area contributed by atoms with Crippen LogP contribution in [0.3, 0.4) is 0 Å². The summed E-state index contributed by atoms with van der Waals surface area (Å²) in [5, 5.41) is 0. The fraction of sp³-hybridized carbons (Fsp3) is 0.450. The third-order valence-corrected chi connectivity index (χ3v) is 4.42. The van der Waals surface area contributed by atoms with Crippen molar-refractivity contribution in [3.05, 3.63) is 58.2 Å². The highest BCUT2D eigenvalue weighted by Crippen LogP contribution is 2.28. The Morgan fingerprint density at radius 3 is 1.89 bits per heavy atom. The summed E-state index contributed by atoms with van der Waals surface area (Å²) in [6.45, 7) is 7.35.